The van der Waals surface area contributed by atoms with Crippen LogP contribution in [0.25, 0.3) is 0 Å². The predicted molar refractivity (Wildman–Crippen MR) is 74.6 cm³/mol. The lowest BCUT2D eigenvalue weighted by atomic mass is 10.3. The van der Waals surface area contributed by atoms with E-state index in [1.54, 1.807) is 0 Å². The van der Waals surface area contributed by atoms with Gasteiger partial charge in [-0.1, -0.05) is 12.1 Å². The molecule has 7 nitrogen and oxygen atoms in total. The first-order chi connectivity index (χ1) is 9.49. The first kappa shape index (κ1) is 15.4. The molecule has 114 valence electrons. The second-order valence-electron chi connectivity index (χ2n) is 5.15. The molecule has 8 heteroatoms. The Balaban J connectivity index is 1.90. The molecule has 1 aliphatic rings. The SMILES string of the molecule is CCCc1noc(CN2CCCN(S(C)(=O)=O)CC2)n1. The van der Waals surface area contributed by atoms with Crippen LogP contribution in [0.3, 0.4) is 0 Å². The Morgan fingerprint density at radius 2 is 2.05 bits per heavy atom. The Hall–Kier alpha value is -0.990. The van der Waals surface area contributed by atoms with Crippen LogP contribution >= 0.6 is 0 Å². The van der Waals surface area contributed by atoms with Crippen molar-refractivity contribution in [2.75, 3.05) is 32.4 Å². The minimum Gasteiger partial charge on any atom is -0.338 e. The number of rotatable bonds is 5. The van der Waals surface area contributed by atoms with Crippen LogP contribution in [0.4, 0.5) is 0 Å². The average Bonchev–Trinajstić information content (AvgIpc) is 2.65. The lowest BCUT2D eigenvalue weighted by molar-refractivity contribution is 0.235. The minimum absolute atomic E-state index is 0.523. The summed E-state index contributed by atoms with van der Waals surface area (Å²) in [6, 6.07) is 0. The Morgan fingerprint density at radius 1 is 1.25 bits per heavy atom. The highest BCUT2D eigenvalue weighted by Gasteiger charge is 2.22. The third kappa shape index (κ3) is 4.26. The molecule has 0 unspecified atom stereocenters. The summed E-state index contributed by atoms with van der Waals surface area (Å²) < 4.78 is 29.8. The summed E-state index contributed by atoms with van der Waals surface area (Å²) >= 11 is 0. The topological polar surface area (TPSA) is 79.5 Å². The van der Waals surface area contributed by atoms with E-state index in [4.69, 9.17) is 4.52 Å². The number of hydrogen-bond donors (Lipinski definition) is 0. The van der Waals surface area contributed by atoms with Crippen molar-refractivity contribution in [3.05, 3.63) is 11.7 Å². The Bertz CT molecular complexity index is 529. The van der Waals surface area contributed by atoms with Crippen LogP contribution in [0.1, 0.15) is 31.5 Å². The fourth-order valence-corrected chi connectivity index (χ4v) is 3.18. The van der Waals surface area contributed by atoms with Crippen molar-refractivity contribution in [3.8, 4) is 0 Å². The molecule has 1 aromatic heterocycles. The van der Waals surface area contributed by atoms with Crippen LogP contribution in [-0.4, -0.2) is 60.2 Å². The van der Waals surface area contributed by atoms with Gasteiger partial charge in [-0.05, 0) is 19.4 Å². The van der Waals surface area contributed by atoms with E-state index < -0.39 is 10.0 Å². The maximum Gasteiger partial charge on any atom is 0.240 e. The van der Waals surface area contributed by atoms with Crippen LogP contribution in [0.15, 0.2) is 4.52 Å². The van der Waals surface area contributed by atoms with Gasteiger partial charge in [-0.15, -0.1) is 0 Å². The van der Waals surface area contributed by atoms with E-state index in [0.29, 0.717) is 32.1 Å². The molecule has 2 rings (SSSR count). The van der Waals surface area contributed by atoms with Gasteiger partial charge in [0.25, 0.3) is 0 Å². The minimum atomic E-state index is -3.09. The van der Waals surface area contributed by atoms with Gasteiger partial charge in [-0.3, -0.25) is 4.90 Å². The molecular formula is C12H22N4O3S. The van der Waals surface area contributed by atoms with Gasteiger partial charge in [0.2, 0.25) is 15.9 Å². The molecule has 0 bridgehead atoms. The zero-order valence-electron chi connectivity index (χ0n) is 12.1. The van der Waals surface area contributed by atoms with Gasteiger partial charge in [0.05, 0.1) is 12.8 Å². The molecule has 0 spiro atoms. The van der Waals surface area contributed by atoms with Crippen LogP contribution in [0, 0.1) is 0 Å². The number of hydrogen-bond acceptors (Lipinski definition) is 6. The zero-order valence-corrected chi connectivity index (χ0v) is 12.9. The van der Waals surface area contributed by atoms with Gasteiger partial charge in [-0.25, -0.2) is 12.7 Å². The lowest BCUT2D eigenvalue weighted by Gasteiger charge is -2.18. The van der Waals surface area contributed by atoms with Gasteiger partial charge in [0, 0.05) is 26.1 Å². The molecule has 2 heterocycles. The van der Waals surface area contributed by atoms with E-state index in [9.17, 15) is 8.42 Å². The number of aryl methyl sites for hydroxylation is 1. The standard InChI is InChI=1S/C12H22N4O3S/c1-3-5-11-13-12(19-14-11)10-15-6-4-7-16(9-8-15)20(2,17)18/h3-10H2,1-2H3. The van der Waals surface area contributed by atoms with E-state index in [1.165, 1.54) is 10.6 Å². The predicted octanol–water partition coefficient (Wildman–Crippen LogP) is 0.489. The highest BCUT2D eigenvalue weighted by Crippen LogP contribution is 2.10. The highest BCUT2D eigenvalue weighted by atomic mass is 32.2. The second-order valence-corrected chi connectivity index (χ2v) is 7.13. The first-order valence-electron chi connectivity index (χ1n) is 6.98. The van der Waals surface area contributed by atoms with Crippen molar-refractivity contribution in [2.45, 2.75) is 32.7 Å². The van der Waals surface area contributed by atoms with E-state index >= 15 is 0 Å². The largest absolute Gasteiger partial charge is 0.338 e. The van der Waals surface area contributed by atoms with Crippen molar-refractivity contribution < 1.29 is 12.9 Å². The number of aromatic nitrogens is 2. The van der Waals surface area contributed by atoms with Gasteiger partial charge in [0.15, 0.2) is 5.82 Å². The maximum absolute atomic E-state index is 11.5. The van der Waals surface area contributed by atoms with Crippen LogP contribution in [-0.2, 0) is 23.0 Å². The van der Waals surface area contributed by atoms with E-state index in [0.717, 1.165) is 31.6 Å². The highest BCUT2D eigenvalue weighted by molar-refractivity contribution is 7.88. The molecule has 20 heavy (non-hydrogen) atoms. The van der Waals surface area contributed by atoms with Crippen LogP contribution < -0.4 is 0 Å². The fraction of sp³-hybridized carbons (Fsp3) is 0.833. The molecule has 1 aromatic rings. The number of sulfonamides is 1. The Kier molecular flexibility index (Phi) is 5.11. The second kappa shape index (κ2) is 6.64. The molecule has 0 aromatic carbocycles. The van der Waals surface area contributed by atoms with Crippen LogP contribution in [0.2, 0.25) is 0 Å². The van der Waals surface area contributed by atoms with E-state index in [-0.39, 0.29) is 0 Å². The Morgan fingerprint density at radius 3 is 2.75 bits per heavy atom. The normalized spacial score (nSPS) is 19.1. The first-order valence-corrected chi connectivity index (χ1v) is 8.83. The van der Waals surface area contributed by atoms with Gasteiger partial charge in [0.1, 0.15) is 0 Å². The fourth-order valence-electron chi connectivity index (χ4n) is 2.31. The number of nitrogens with zero attached hydrogens (tertiary/aromatic N) is 4. The molecule has 1 aliphatic heterocycles. The van der Waals surface area contributed by atoms with E-state index in [1.807, 2.05) is 0 Å². The quantitative estimate of drug-likeness (QED) is 0.787. The smallest absolute Gasteiger partial charge is 0.240 e. The summed E-state index contributed by atoms with van der Waals surface area (Å²) in [5.74, 6) is 1.36. The molecule has 0 amide bonds. The average molecular weight is 302 g/mol. The molecular weight excluding hydrogens is 280 g/mol. The van der Waals surface area contributed by atoms with Crippen molar-refractivity contribution >= 4 is 10.0 Å². The van der Waals surface area contributed by atoms with Gasteiger partial charge >= 0.3 is 0 Å². The van der Waals surface area contributed by atoms with Crippen molar-refractivity contribution in [1.82, 2.24) is 19.3 Å². The third-order valence-corrected chi connectivity index (χ3v) is 4.66. The molecule has 0 radical (unpaired) electrons. The molecule has 0 atom stereocenters. The van der Waals surface area contributed by atoms with Crippen LogP contribution in [0.5, 0.6) is 0 Å². The van der Waals surface area contributed by atoms with E-state index in [2.05, 4.69) is 22.0 Å². The zero-order chi connectivity index (χ0) is 14.6. The van der Waals surface area contributed by atoms with Gasteiger partial charge < -0.3 is 4.52 Å². The summed E-state index contributed by atoms with van der Waals surface area (Å²) in [6.07, 6.45) is 3.90. The van der Waals surface area contributed by atoms with Crippen molar-refractivity contribution in [1.29, 1.82) is 0 Å². The summed E-state index contributed by atoms with van der Waals surface area (Å²) in [4.78, 5) is 6.50. The summed E-state index contributed by atoms with van der Waals surface area (Å²) in [5, 5.41) is 3.93. The monoisotopic (exact) mass is 302 g/mol. The summed E-state index contributed by atoms with van der Waals surface area (Å²) in [5.41, 5.74) is 0. The molecule has 1 saturated heterocycles. The van der Waals surface area contributed by atoms with Crippen molar-refractivity contribution in [3.63, 3.8) is 0 Å². The maximum atomic E-state index is 11.5. The molecule has 0 N–H and O–H groups in total. The van der Waals surface area contributed by atoms with Gasteiger partial charge in [-0.2, -0.15) is 4.98 Å². The molecule has 1 fully saturated rings. The molecule has 0 aliphatic carbocycles. The summed E-state index contributed by atoms with van der Waals surface area (Å²) in [7, 11) is -3.09. The lowest BCUT2D eigenvalue weighted by Crippen LogP contribution is -2.34. The van der Waals surface area contributed by atoms with Crippen molar-refractivity contribution in [2.24, 2.45) is 0 Å². The summed E-state index contributed by atoms with van der Waals surface area (Å²) in [6.45, 7) is 5.31. The molecule has 0 saturated carbocycles. The third-order valence-electron chi connectivity index (χ3n) is 3.36. The Labute approximate surface area is 120 Å².